The lowest BCUT2D eigenvalue weighted by Crippen LogP contribution is -2.49. The first-order valence-electron chi connectivity index (χ1n) is 9.87. The quantitative estimate of drug-likeness (QED) is 0.325. The van der Waals surface area contributed by atoms with Crippen LogP contribution < -0.4 is 0 Å². The predicted octanol–water partition coefficient (Wildman–Crippen LogP) is 7.82. The van der Waals surface area contributed by atoms with Crippen molar-refractivity contribution in [2.75, 3.05) is 0 Å². The summed E-state index contributed by atoms with van der Waals surface area (Å²) in [5.74, 6) is 0.490. The fourth-order valence-electron chi connectivity index (χ4n) is 4.21. The summed E-state index contributed by atoms with van der Waals surface area (Å²) in [5.41, 5.74) is -1.53. The zero-order valence-corrected chi connectivity index (χ0v) is 17.9. The molecule has 0 fully saturated rings. The van der Waals surface area contributed by atoms with Crippen LogP contribution in [0.25, 0.3) is 21.5 Å². The third-order valence-electron chi connectivity index (χ3n) is 6.52. The van der Waals surface area contributed by atoms with Gasteiger partial charge in [0, 0.05) is 5.56 Å². The number of fused-ring (bicyclic) bond motifs is 2. The molecule has 3 rings (SSSR count). The van der Waals surface area contributed by atoms with Crippen molar-refractivity contribution in [2.24, 2.45) is 10.8 Å². The molecule has 0 aliphatic carbocycles. The third-order valence-corrected chi connectivity index (χ3v) is 6.52. The van der Waals surface area contributed by atoms with Crippen LogP contribution in [0.3, 0.4) is 0 Å². The Hall–Kier alpha value is -2.35. The van der Waals surface area contributed by atoms with E-state index >= 15 is 4.39 Å². The molecule has 0 radical (unpaired) electrons. The van der Waals surface area contributed by atoms with Gasteiger partial charge in [0.2, 0.25) is 0 Å². The largest absolute Gasteiger partial charge is 0.493 e. The summed E-state index contributed by atoms with van der Waals surface area (Å²) in [6, 6.07) is 18.8. The van der Waals surface area contributed by atoms with Crippen molar-refractivity contribution in [3.05, 3.63) is 72.5 Å². The maximum absolute atomic E-state index is 15.3. The van der Waals surface area contributed by atoms with Crippen molar-refractivity contribution < 1.29 is 9.13 Å². The van der Waals surface area contributed by atoms with Gasteiger partial charge >= 0.3 is 0 Å². The number of hydrogen-bond acceptors (Lipinski definition) is 1. The molecule has 0 N–H and O–H groups in total. The van der Waals surface area contributed by atoms with Crippen molar-refractivity contribution in [1.82, 2.24) is 0 Å². The molecule has 0 bridgehead atoms. The Bertz CT molecular complexity index is 950. The normalized spacial score (nSPS) is 14.8. The van der Waals surface area contributed by atoms with Gasteiger partial charge in [0.05, 0.1) is 11.2 Å². The van der Waals surface area contributed by atoms with E-state index in [-0.39, 0.29) is 5.41 Å². The number of halogens is 1. The molecule has 0 amide bonds. The van der Waals surface area contributed by atoms with E-state index in [1.165, 1.54) is 10.8 Å². The minimum absolute atomic E-state index is 0.344. The Morgan fingerprint density at radius 2 is 1.32 bits per heavy atom. The van der Waals surface area contributed by atoms with Crippen molar-refractivity contribution in [3.63, 3.8) is 0 Å². The molecule has 0 saturated carbocycles. The summed E-state index contributed by atoms with van der Waals surface area (Å²) in [5, 5.41) is 4.67. The third kappa shape index (κ3) is 3.30. The van der Waals surface area contributed by atoms with Crippen molar-refractivity contribution >= 4 is 21.5 Å². The molecule has 0 saturated heterocycles. The Morgan fingerprint density at radius 3 is 1.75 bits per heavy atom. The number of ether oxygens (including phenoxy) is 1. The molecule has 2 heteroatoms. The van der Waals surface area contributed by atoms with E-state index in [9.17, 15) is 0 Å². The first-order chi connectivity index (χ1) is 13.0. The fraction of sp³-hybridized carbons (Fsp3) is 0.385. The van der Waals surface area contributed by atoms with Gasteiger partial charge in [0.1, 0.15) is 12.3 Å². The summed E-state index contributed by atoms with van der Waals surface area (Å²) < 4.78 is 21.5. The highest BCUT2D eigenvalue weighted by Gasteiger charge is 2.53. The van der Waals surface area contributed by atoms with E-state index in [1.807, 2.05) is 52.0 Å². The Balaban J connectivity index is 2.04. The summed E-state index contributed by atoms with van der Waals surface area (Å²) >= 11 is 0. The monoisotopic (exact) mass is 378 g/mol. The summed E-state index contributed by atoms with van der Waals surface area (Å²) in [7, 11) is 0. The van der Waals surface area contributed by atoms with Gasteiger partial charge in [-0.25, -0.2) is 4.39 Å². The van der Waals surface area contributed by atoms with Crippen LogP contribution in [0.5, 0.6) is 0 Å². The van der Waals surface area contributed by atoms with Crippen molar-refractivity contribution in [3.8, 4) is 0 Å². The fourth-order valence-corrected chi connectivity index (χ4v) is 4.21. The molecule has 148 valence electrons. The van der Waals surface area contributed by atoms with E-state index in [4.69, 9.17) is 4.74 Å². The number of hydrogen-bond donors (Lipinski definition) is 0. The highest BCUT2D eigenvalue weighted by molar-refractivity contribution is 6.02. The van der Waals surface area contributed by atoms with Crippen LogP contribution in [0.15, 0.2) is 66.9 Å². The maximum Gasteiger partial charge on any atom is 0.118 e. The highest BCUT2D eigenvalue weighted by atomic mass is 19.1. The SMILES string of the molecule is C=C(OCc1c2ccccc2cc2ccccc12)C(C)(C(C)(C)C)C(C)(C)F. The van der Waals surface area contributed by atoms with E-state index in [1.54, 1.807) is 13.8 Å². The van der Waals surface area contributed by atoms with Crippen LogP contribution in [0.2, 0.25) is 0 Å². The lowest BCUT2D eigenvalue weighted by Gasteiger charge is -2.49. The van der Waals surface area contributed by atoms with Gasteiger partial charge < -0.3 is 4.74 Å². The minimum Gasteiger partial charge on any atom is -0.493 e. The number of allylic oxidation sites excluding steroid dienone is 1. The van der Waals surface area contributed by atoms with Gasteiger partial charge in [0.25, 0.3) is 0 Å². The molecular weight excluding hydrogens is 347 g/mol. The first-order valence-corrected chi connectivity index (χ1v) is 9.87. The maximum atomic E-state index is 15.3. The van der Waals surface area contributed by atoms with Crippen LogP contribution in [0.1, 0.15) is 47.1 Å². The molecule has 3 aromatic carbocycles. The van der Waals surface area contributed by atoms with Crippen molar-refractivity contribution in [2.45, 2.75) is 53.8 Å². The first kappa shape index (κ1) is 20.4. The average molecular weight is 379 g/mol. The summed E-state index contributed by atoms with van der Waals surface area (Å²) in [4.78, 5) is 0. The number of rotatable bonds is 5. The molecule has 0 aromatic heterocycles. The Kier molecular flexibility index (Phi) is 5.04. The predicted molar refractivity (Wildman–Crippen MR) is 118 cm³/mol. The molecule has 28 heavy (non-hydrogen) atoms. The van der Waals surface area contributed by atoms with Gasteiger partial charge in [-0.2, -0.15) is 0 Å². The van der Waals surface area contributed by atoms with Crippen LogP contribution in [-0.2, 0) is 11.3 Å². The van der Waals surface area contributed by atoms with Crippen LogP contribution in [0.4, 0.5) is 4.39 Å². The van der Waals surface area contributed by atoms with Gasteiger partial charge in [-0.1, -0.05) is 75.9 Å². The van der Waals surface area contributed by atoms with E-state index in [0.29, 0.717) is 12.4 Å². The molecule has 1 unspecified atom stereocenters. The zero-order valence-electron chi connectivity index (χ0n) is 17.9. The van der Waals surface area contributed by atoms with Crippen LogP contribution >= 0.6 is 0 Å². The zero-order chi connectivity index (χ0) is 20.7. The lowest BCUT2D eigenvalue weighted by atomic mass is 9.59. The van der Waals surface area contributed by atoms with Gasteiger partial charge in [-0.15, -0.1) is 0 Å². The highest BCUT2D eigenvalue weighted by Crippen LogP contribution is 2.53. The van der Waals surface area contributed by atoms with E-state index < -0.39 is 11.1 Å². The van der Waals surface area contributed by atoms with Gasteiger partial charge in [-0.3, -0.25) is 0 Å². The number of benzene rings is 3. The second kappa shape index (κ2) is 6.92. The Labute approximate surface area is 168 Å². The van der Waals surface area contributed by atoms with Crippen LogP contribution in [0, 0.1) is 10.8 Å². The van der Waals surface area contributed by atoms with Gasteiger partial charge in [0.15, 0.2) is 0 Å². The molecule has 0 aliphatic rings. The van der Waals surface area contributed by atoms with Crippen molar-refractivity contribution in [1.29, 1.82) is 0 Å². The second-order valence-corrected chi connectivity index (χ2v) is 9.36. The second-order valence-electron chi connectivity index (χ2n) is 9.36. The summed E-state index contributed by atoms with van der Waals surface area (Å²) in [6.07, 6.45) is 0. The molecule has 1 atom stereocenters. The molecule has 0 heterocycles. The van der Waals surface area contributed by atoms with Gasteiger partial charge in [-0.05, 0) is 53.8 Å². The minimum atomic E-state index is -1.47. The van der Waals surface area contributed by atoms with Crippen LogP contribution in [-0.4, -0.2) is 5.67 Å². The molecule has 0 spiro atoms. The molecule has 1 nitrogen and oxygen atoms in total. The lowest BCUT2D eigenvalue weighted by molar-refractivity contribution is -0.0627. The van der Waals surface area contributed by atoms with E-state index in [0.717, 1.165) is 16.3 Å². The smallest absolute Gasteiger partial charge is 0.118 e. The standard InChI is InChI=1S/C26H31FO/c1-18(26(7,24(2,3)4)25(5,6)27)28-17-23-21-14-10-8-12-19(21)16-20-13-9-11-15-22(20)23/h8-16H,1,17H2,2-7H3. The molecule has 3 aromatic rings. The number of alkyl halides is 1. The molecular formula is C26H31FO. The van der Waals surface area contributed by atoms with E-state index in [2.05, 4.69) is 36.9 Å². The molecule has 0 aliphatic heterocycles. The summed E-state index contributed by atoms with van der Waals surface area (Å²) in [6.45, 7) is 15.8. The average Bonchev–Trinajstić information content (AvgIpc) is 2.62. The Morgan fingerprint density at radius 1 is 0.857 bits per heavy atom. The topological polar surface area (TPSA) is 9.23 Å².